The molecule has 5 heterocycles. The molecular formula is C43H53N5O5. The van der Waals surface area contributed by atoms with Gasteiger partial charge in [0.2, 0.25) is 0 Å². The monoisotopic (exact) mass is 719 g/mol. The van der Waals surface area contributed by atoms with Crippen LogP contribution in [-0.4, -0.2) is 89.7 Å². The van der Waals surface area contributed by atoms with Gasteiger partial charge in [0.15, 0.2) is 5.78 Å². The summed E-state index contributed by atoms with van der Waals surface area (Å²) in [7, 11) is 1.65. The van der Waals surface area contributed by atoms with Gasteiger partial charge in [0, 0.05) is 60.6 Å². The van der Waals surface area contributed by atoms with Gasteiger partial charge in [-0.05, 0) is 137 Å². The van der Waals surface area contributed by atoms with Crippen LogP contribution in [0.25, 0.3) is 21.9 Å². The van der Waals surface area contributed by atoms with Crippen LogP contribution in [0.4, 0.5) is 5.82 Å². The van der Waals surface area contributed by atoms with Crippen LogP contribution in [0.2, 0.25) is 0 Å². The standard InChI is InChI=1S/C43H53N5O5/c1-4-30-6-7-32(20-34(30)28(2)49)53-33-22-43(23-33)10-16-47(17-11-43)26-29-8-14-46(15-9-29)27-38-39(50)18-31(19-40(38)52-3)36-24-45-42(51)37-25-44-41(21-35(36)37)48-12-5-13-48/h6-7,18-21,24-25,29,33,50H,4-5,8-17,22-23,26-27H2,1-3H3,(H,45,51). The number of likely N-dealkylation sites (tertiary alicyclic amines) is 2. The van der Waals surface area contributed by atoms with E-state index >= 15 is 0 Å². The van der Waals surface area contributed by atoms with Crippen molar-refractivity contribution >= 4 is 22.4 Å². The Kier molecular flexibility index (Phi) is 9.93. The molecule has 2 aromatic heterocycles. The summed E-state index contributed by atoms with van der Waals surface area (Å²) in [5.41, 5.74) is 4.54. The molecule has 10 heteroatoms. The minimum absolute atomic E-state index is 0.105. The van der Waals surface area contributed by atoms with Crippen LogP contribution in [0.1, 0.15) is 80.3 Å². The van der Waals surface area contributed by atoms with E-state index in [4.69, 9.17) is 9.47 Å². The molecule has 8 rings (SSSR count). The fraction of sp³-hybridized carbons (Fsp3) is 0.512. The smallest absolute Gasteiger partial charge is 0.257 e. The Morgan fingerprint density at radius 3 is 2.45 bits per heavy atom. The van der Waals surface area contributed by atoms with Crippen LogP contribution in [0, 0.1) is 11.3 Å². The van der Waals surface area contributed by atoms with E-state index in [-0.39, 0.29) is 23.2 Å². The number of ether oxygens (including phenoxy) is 2. The predicted octanol–water partition coefficient (Wildman–Crippen LogP) is 6.82. The highest BCUT2D eigenvalue weighted by Crippen LogP contribution is 2.50. The first-order valence-electron chi connectivity index (χ1n) is 19.6. The molecule has 0 bridgehead atoms. The Labute approximate surface area is 312 Å². The number of nitrogens with zero attached hydrogens (tertiary/aromatic N) is 4. The highest BCUT2D eigenvalue weighted by atomic mass is 16.5. The van der Waals surface area contributed by atoms with Crippen molar-refractivity contribution < 1.29 is 19.4 Å². The van der Waals surface area contributed by atoms with Crippen LogP contribution >= 0.6 is 0 Å². The molecule has 10 nitrogen and oxygen atoms in total. The number of phenolic OH excluding ortho intramolecular Hbond substituents is 1. The Morgan fingerprint density at radius 1 is 1.00 bits per heavy atom. The number of hydrogen-bond acceptors (Lipinski definition) is 9. The van der Waals surface area contributed by atoms with Crippen LogP contribution in [-0.2, 0) is 13.0 Å². The van der Waals surface area contributed by atoms with Crippen molar-refractivity contribution in [3.8, 4) is 28.4 Å². The minimum atomic E-state index is -0.176. The van der Waals surface area contributed by atoms with Gasteiger partial charge < -0.3 is 29.4 Å². The Morgan fingerprint density at radius 2 is 1.77 bits per heavy atom. The Bertz CT molecular complexity index is 2030. The molecule has 0 radical (unpaired) electrons. The van der Waals surface area contributed by atoms with Crippen molar-refractivity contribution in [2.24, 2.45) is 11.3 Å². The molecule has 1 saturated carbocycles. The van der Waals surface area contributed by atoms with Crippen molar-refractivity contribution in [2.45, 2.75) is 77.9 Å². The maximum absolute atomic E-state index is 12.7. The molecule has 1 spiro atoms. The highest BCUT2D eigenvalue weighted by Gasteiger charge is 2.47. The average molecular weight is 720 g/mol. The van der Waals surface area contributed by atoms with E-state index in [9.17, 15) is 14.7 Å². The van der Waals surface area contributed by atoms with Crippen LogP contribution in [0.15, 0.2) is 53.6 Å². The first-order chi connectivity index (χ1) is 25.7. The molecule has 4 aromatic rings. The molecule has 4 aliphatic rings. The second-order valence-corrected chi connectivity index (χ2v) is 16.0. The molecule has 3 aliphatic heterocycles. The second-order valence-electron chi connectivity index (χ2n) is 16.0. The predicted molar refractivity (Wildman–Crippen MR) is 208 cm³/mol. The first-order valence-corrected chi connectivity index (χ1v) is 19.6. The first kappa shape index (κ1) is 35.6. The van der Waals surface area contributed by atoms with Crippen molar-refractivity contribution in [3.05, 3.63) is 75.8 Å². The van der Waals surface area contributed by atoms with E-state index in [1.807, 2.05) is 30.3 Å². The zero-order chi connectivity index (χ0) is 36.7. The number of carbonyl (C=O) groups excluding carboxylic acids is 1. The number of rotatable bonds is 11. The summed E-state index contributed by atoms with van der Waals surface area (Å²) in [4.78, 5) is 39.5. The van der Waals surface area contributed by atoms with Crippen molar-refractivity contribution in [1.29, 1.82) is 0 Å². The lowest BCUT2D eigenvalue weighted by atomic mass is 9.61. The van der Waals surface area contributed by atoms with E-state index in [2.05, 4.69) is 31.6 Å². The molecule has 3 saturated heterocycles. The average Bonchev–Trinajstić information content (AvgIpc) is 3.12. The second kappa shape index (κ2) is 14.8. The Hall–Kier alpha value is -4.41. The molecular weight excluding hydrogens is 667 g/mol. The molecule has 2 N–H and O–H groups in total. The summed E-state index contributed by atoms with van der Waals surface area (Å²) in [6.07, 6.45) is 12.6. The van der Waals surface area contributed by atoms with Gasteiger partial charge in [-0.3, -0.25) is 14.5 Å². The molecule has 4 fully saturated rings. The fourth-order valence-corrected chi connectivity index (χ4v) is 9.21. The summed E-state index contributed by atoms with van der Waals surface area (Å²) in [6, 6.07) is 11.8. The van der Waals surface area contributed by atoms with Crippen molar-refractivity contribution in [3.63, 3.8) is 0 Å². The third-order valence-corrected chi connectivity index (χ3v) is 12.7. The number of H-pyrrole nitrogens is 1. The third-order valence-electron chi connectivity index (χ3n) is 12.7. The maximum Gasteiger partial charge on any atom is 0.257 e. The number of aromatic nitrogens is 2. The van der Waals surface area contributed by atoms with Crippen molar-refractivity contribution in [1.82, 2.24) is 19.8 Å². The summed E-state index contributed by atoms with van der Waals surface area (Å²) in [5.74, 6) is 3.34. The summed E-state index contributed by atoms with van der Waals surface area (Å²) in [6.45, 7) is 11.7. The lowest BCUT2D eigenvalue weighted by Gasteiger charge is -2.52. The zero-order valence-electron chi connectivity index (χ0n) is 31.5. The van der Waals surface area contributed by atoms with Crippen LogP contribution in [0.3, 0.4) is 0 Å². The fourth-order valence-electron chi connectivity index (χ4n) is 9.21. The van der Waals surface area contributed by atoms with E-state index in [0.717, 1.165) is 129 Å². The number of nitrogens with one attached hydrogen (secondary N) is 1. The third kappa shape index (κ3) is 7.28. The zero-order valence-corrected chi connectivity index (χ0v) is 31.5. The summed E-state index contributed by atoms with van der Waals surface area (Å²) in [5, 5.41) is 12.7. The van der Waals surface area contributed by atoms with Crippen LogP contribution in [0.5, 0.6) is 17.2 Å². The largest absolute Gasteiger partial charge is 0.507 e. The number of piperidine rings is 2. The van der Waals surface area contributed by atoms with Gasteiger partial charge in [-0.15, -0.1) is 0 Å². The molecule has 1 aliphatic carbocycles. The Balaban J connectivity index is 0.833. The highest BCUT2D eigenvalue weighted by molar-refractivity contribution is 5.97. The SMILES string of the molecule is CCc1ccc(OC2CC3(CCN(CC4CCN(Cc5c(O)cc(-c6c[nH]c(=O)c7cnc(N8CCC8)cc67)cc5OC)CC4)CC3)C2)cc1C(C)=O. The van der Waals surface area contributed by atoms with Gasteiger partial charge in [0.1, 0.15) is 23.1 Å². The number of pyridine rings is 2. The molecule has 53 heavy (non-hydrogen) atoms. The number of carbonyl (C=O) groups is 1. The van der Waals surface area contributed by atoms with E-state index < -0.39 is 0 Å². The number of ketones is 1. The van der Waals surface area contributed by atoms with Gasteiger partial charge in [-0.2, -0.15) is 0 Å². The van der Waals surface area contributed by atoms with Gasteiger partial charge in [0.25, 0.3) is 5.56 Å². The number of aromatic hydroxyl groups is 1. The van der Waals surface area contributed by atoms with Crippen molar-refractivity contribution in [2.75, 3.05) is 57.8 Å². The van der Waals surface area contributed by atoms with E-state index in [0.29, 0.717) is 29.0 Å². The van der Waals surface area contributed by atoms with Gasteiger partial charge in [-0.1, -0.05) is 13.0 Å². The molecule has 280 valence electrons. The number of methoxy groups -OCH3 is 1. The van der Waals surface area contributed by atoms with Crippen LogP contribution < -0.4 is 19.9 Å². The number of hydrogen-bond donors (Lipinski definition) is 2. The number of fused-ring (bicyclic) bond motifs is 1. The quantitative estimate of drug-likeness (QED) is 0.162. The number of aromatic amines is 1. The number of benzene rings is 2. The number of phenols is 1. The van der Waals surface area contributed by atoms with E-state index in [1.165, 1.54) is 12.8 Å². The number of Topliss-reactive ketones (excluding diaryl/α,β-unsaturated/α-hetero) is 1. The van der Waals surface area contributed by atoms with Gasteiger partial charge in [-0.25, -0.2) is 4.98 Å². The molecule has 2 aromatic carbocycles. The summed E-state index contributed by atoms with van der Waals surface area (Å²) < 4.78 is 12.2. The molecule has 0 amide bonds. The lowest BCUT2D eigenvalue weighted by molar-refractivity contribution is -0.0580. The number of anilines is 1. The van der Waals surface area contributed by atoms with Gasteiger partial charge >= 0.3 is 0 Å². The minimum Gasteiger partial charge on any atom is -0.507 e. The lowest BCUT2D eigenvalue weighted by Crippen LogP contribution is -2.51. The van der Waals surface area contributed by atoms with E-state index in [1.54, 1.807) is 32.5 Å². The normalized spacial score (nSPS) is 19.6. The summed E-state index contributed by atoms with van der Waals surface area (Å²) >= 11 is 0. The maximum atomic E-state index is 12.7. The molecule has 0 atom stereocenters. The number of aryl methyl sites for hydroxylation is 1. The van der Waals surface area contributed by atoms with Gasteiger partial charge in [0.05, 0.1) is 18.6 Å². The molecule has 0 unspecified atom stereocenters. The topological polar surface area (TPSA) is 111 Å².